The van der Waals surface area contributed by atoms with Gasteiger partial charge < -0.3 is 0 Å². The molecule has 0 aliphatic heterocycles. The number of fused-ring (bicyclic) bond motifs is 1. The van der Waals surface area contributed by atoms with Crippen molar-refractivity contribution < 1.29 is 13.2 Å². The third-order valence-electron chi connectivity index (χ3n) is 2.96. The lowest BCUT2D eigenvalue weighted by Gasteiger charge is -2.07. The minimum Gasteiger partial charge on any atom is -0.299 e. The normalized spacial score (nSPS) is 19.5. The maximum atomic E-state index is 11.3. The van der Waals surface area contributed by atoms with Crippen LogP contribution in [0, 0.1) is 0 Å². The van der Waals surface area contributed by atoms with E-state index < -0.39 is 9.05 Å². The van der Waals surface area contributed by atoms with Gasteiger partial charge in [0.05, 0.1) is 4.90 Å². The van der Waals surface area contributed by atoms with Crippen molar-refractivity contribution in [2.24, 2.45) is 0 Å². The lowest BCUT2D eigenvalue weighted by Crippen LogP contribution is -2.04. The lowest BCUT2D eigenvalue weighted by atomic mass is 9.98. The van der Waals surface area contributed by atoms with Crippen molar-refractivity contribution in [2.75, 3.05) is 0 Å². The highest BCUT2D eigenvalue weighted by Gasteiger charge is 2.27. The van der Waals surface area contributed by atoms with Gasteiger partial charge in [0, 0.05) is 16.6 Å². The average Bonchev–Trinajstić information content (AvgIpc) is 2.58. The van der Waals surface area contributed by atoms with E-state index in [0.717, 1.165) is 24.0 Å². The van der Waals surface area contributed by atoms with E-state index in [1.165, 1.54) is 6.07 Å². The molecular formula is C11H11ClO3S. The summed E-state index contributed by atoms with van der Waals surface area (Å²) in [5, 5.41) is 0. The summed E-state index contributed by atoms with van der Waals surface area (Å²) in [6.45, 7) is 1.56. The number of carbonyl (C=O) groups is 1. The number of hydrogen-bond acceptors (Lipinski definition) is 3. The van der Waals surface area contributed by atoms with Gasteiger partial charge in [0.25, 0.3) is 9.05 Å². The molecule has 0 fully saturated rings. The molecule has 1 aromatic carbocycles. The van der Waals surface area contributed by atoms with Crippen LogP contribution in [0.4, 0.5) is 0 Å². The molecule has 0 radical (unpaired) electrons. The molecule has 0 saturated heterocycles. The Morgan fingerprint density at radius 1 is 1.44 bits per heavy atom. The highest BCUT2D eigenvalue weighted by Crippen LogP contribution is 2.35. The number of carbonyl (C=O) groups excluding carboxylic acids is 1. The fourth-order valence-electron chi connectivity index (χ4n) is 2.17. The number of halogens is 1. The summed E-state index contributed by atoms with van der Waals surface area (Å²) < 4.78 is 22.3. The number of aryl methyl sites for hydroxylation is 1. The molecule has 0 spiro atoms. The van der Waals surface area contributed by atoms with Crippen molar-refractivity contribution in [1.29, 1.82) is 0 Å². The minimum atomic E-state index is -3.67. The van der Waals surface area contributed by atoms with E-state index in [9.17, 15) is 13.2 Å². The molecule has 0 heterocycles. The summed E-state index contributed by atoms with van der Waals surface area (Å²) in [5.41, 5.74) is 1.86. The summed E-state index contributed by atoms with van der Waals surface area (Å²) in [7, 11) is 1.59. The van der Waals surface area contributed by atoms with Crippen LogP contribution in [-0.2, 0) is 20.3 Å². The van der Waals surface area contributed by atoms with Crippen LogP contribution >= 0.6 is 10.7 Å². The highest BCUT2D eigenvalue weighted by atomic mass is 35.7. The molecule has 0 bridgehead atoms. The molecule has 1 atom stereocenters. The predicted octanol–water partition coefficient (Wildman–Crippen LogP) is 2.23. The van der Waals surface area contributed by atoms with Crippen LogP contribution in [0.5, 0.6) is 0 Å². The van der Waals surface area contributed by atoms with Gasteiger partial charge in [-0.05, 0) is 43.0 Å². The van der Waals surface area contributed by atoms with Gasteiger partial charge >= 0.3 is 0 Å². The van der Waals surface area contributed by atoms with Gasteiger partial charge in [0.15, 0.2) is 0 Å². The van der Waals surface area contributed by atoms with E-state index in [-0.39, 0.29) is 16.6 Å². The van der Waals surface area contributed by atoms with Crippen LogP contribution in [0.3, 0.4) is 0 Å². The van der Waals surface area contributed by atoms with Crippen molar-refractivity contribution >= 4 is 25.5 Å². The molecule has 1 aromatic rings. The number of ketones is 1. The van der Waals surface area contributed by atoms with Gasteiger partial charge in [-0.25, -0.2) is 8.42 Å². The summed E-state index contributed by atoms with van der Waals surface area (Å²) in [6, 6.07) is 4.73. The number of Topliss-reactive ketones (excluding diaryl/α,β-unsaturated/α-hetero) is 1. The smallest absolute Gasteiger partial charge is 0.261 e. The Kier molecular flexibility index (Phi) is 2.80. The molecule has 1 aliphatic carbocycles. The second kappa shape index (κ2) is 3.86. The van der Waals surface area contributed by atoms with Crippen LogP contribution < -0.4 is 0 Å². The minimum absolute atomic E-state index is 0.0814. The molecule has 0 saturated carbocycles. The van der Waals surface area contributed by atoms with Crippen molar-refractivity contribution in [3.05, 3.63) is 29.3 Å². The highest BCUT2D eigenvalue weighted by molar-refractivity contribution is 8.13. The van der Waals surface area contributed by atoms with Crippen LogP contribution in [-0.4, -0.2) is 14.2 Å². The first kappa shape index (κ1) is 11.6. The topological polar surface area (TPSA) is 51.2 Å². The zero-order valence-corrected chi connectivity index (χ0v) is 10.3. The second-order valence-electron chi connectivity index (χ2n) is 4.00. The fourth-order valence-corrected chi connectivity index (χ4v) is 2.97. The molecule has 0 aromatic heterocycles. The largest absolute Gasteiger partial charge is 0.299 e. The molecule has 5 heteroatoms. The monoisotopic (exact) mass is 258 g/mol. The van der Waals surface area contributed by atoms with Gasteiger partial charge in [0.1, 0.15) is 5.78 Å². The Morgan fingerprint density at radius 3 is 2.69 bits per heavy atom. The third kappa shape index (κ3) is 1.99. The van der Waals surface area contributed by atoms with Crippen molar-refractivity contribution in [2.45, 2.75) is 30.6 Å². The number of rotatable bonds is 2. The van der Waals surface area contributed by atoms with E-state index >= 15 is 0 Å². The first-order valence-corrected chi connectivity index (χ1v) is 7.28. The van der Waals surface area contributed by atoms with Crippen LogP contribution in [0.15, 0.2) is 23.1 Å². The second-order valence-corrected chi connectivity index (χ2v) is 6.57. The van der Waals surface area contributed by atoms with Crippen LogP contribution in [0.1, 0.15) is 30.4 Å². The van der Waals surface area contributed by atoms with Gasteiger partial charge in [-0.2, -0.15) is 0 Å². The lowest BCUT2D eigenvalue weighted by molar-refractivity contribution is -0.118. The van der Waals surface area contributed by atoms with Crippen LogP contribution in [0.2, 0.25) is 0 Å². The molecule has 86 valence electrons. The first-order chi connectivity index (χ1) is 7.39. The average molecular weight is 259 g/mol. The zero-order valence-electron chi connectivity index (χ0n) is 8.73. The van der Waals surface area contributed by atoms with Gasteiger partial charge in [0.2, 0.25) is 0 Å². The van der Waals surface area contributed by atoms with Crippen LogP contribution in [0.25, 0.3) is 0 Å². The van der Waals surface area contributed by atoms with E-state index in [4.69, 9.17) is 10.7 Å². The van der Waals surface area contributed by atoms with E-state index in [2.05, 4.69) is 0 Å². The zero-order chi connectivity index (χ0) is 11.9. The number of hydrogen-bond donors (Lipinski definition) is 0. The predicted molar refractivity (Wildman–Crippen MR) is 61.2 cm³/mol. The molecule has 2 rings (SSSR count). The quantitative estimate of drug-likeness (QED) is 0.765. The number of benzene rings is 1. The van der Waals surface area contributed by atoms with E-state index in [1.54, 1.807) is 19.1 Å². The van der Waals surface area contributed by atoms with E-state index in [0.29, 0.717) is 0 Å². The Labute approximate surface area is 98.8 Å². The molecule has 16 heavy (non-hydrogen) atoms. The maximum Gasteiger partial charge on any atom is 0.261 e. The Hall–Kier alpha value is -0.870. The maximum absolute atomic E-state index is 11.3. The Balaban J connectivity index is 2.48. The summed E-state index contributed by atoms with van der Waals surface area (Å²) in [4.78, 5) is 11.5. The van der Waals surface area contributed by atoms with Crippen molar-refractivity contribution in [3.8, 4) is 0 Å². The molecule has 0 N–H and O–H groups in total. The van der Waals surface area contributed by atoms with Crippen molar-refractivity contribution in [1.82, 2.24) is 0 Å². The fraction of sp³-hybridized carbons (Fsp3) is 0.364. The Morgan fingerprint density at radius 2 is 2.12 bits per heavy atom. The summed E-state index contributed by atoms with van der Waals surface area (Å²) in [6.07, 6.45) is 1.50. The van der Waals surface area contributed by atoms with Crippen molar-refractivity contribution in [3.63, 3.8) is 0 Å². The molecule has 3 nitrogen and oxygen atoms in total. The summed E-state index contributed by atoms with van der Waals surface area (Å²) >= 11 is 0. The SMILES string of the molecule is CC(=O)[C@@H]1CCc2cc(S(=O)(=O)Cl)ccc21. The molecular weight excluding hydrogens is 248 g/mol. The Bertz CT molecular complexity index is 548. The molecule has 1 aliphatic rings. The third-order valence-corrected chi connectivity index (χ3v) is 4.32. The first-order valence-electron chi connectivity index (χ1n) is 4.97. The molecule has 0 unspecified atom stereocenters. The van der Waals surface area contributed by atoms with Gasteiger partial charge in [-0.15, -0.1) is 0 Å². The van der Waals surface area contributed by atoms with E-state index in [1.807, 2.05) is 0 Å². The summed E-state index contributed by atoms with van der Waals surface area (Å²) in [5.74, 6) is 0.0438. The molecule has 0 amide bonds. The standard InChI is InChI=1S/C11H11ClO3S/c1-7(13)10-4-2-8-6-9(16(12,14)15)3-5-11(8)10/h3,5-6,10H,2,4H2,1H3/t10-/m0/s1. The van der Waals surface area contributed by atoms with Gasteiger partial charge in [-0.1, -0.05) is 6.07 Å². The van der Waals surface area contributed by atoms with Gasteiger partial charge in [-0.3, -0.25) is 4.79 Å².